The molecule has 3 aromatic rings. The second-order valence-corrected chi connectivity index (χ2v) is 7.02. The molecule has 0 atom stereocenters. The van der Waals surface area contributed by atoms with Crippen LogP contribution in [0.25, 0.3) is 16.9 Å². The number of rotatable bonds is 2. The fourth-order valence-electron chi connectivity index (χ4n) is 2.84. The van der Waals surface area contributed by atoms with Crippen molar-refractivity contribution in [1.82, 2.24) is 9.78 Å². The normalized spacial score (nSPS) is 13.0. The van der Waals surface area contributed by atoms with Crippen LogP contribution in [0.5, 0.6) is 0 Å². The highest BCUT2D eigenvalue weighted by atomic mass is 127. The van der Waals surface area contributed by atoms with E-state index in [1.54, 1.807) is 6.07 Å². The third kappa shape index (κ3) is 2.61. The van der Waals surface area contributed by atoms with Crippen molar-refractivity contribution in [2.45, 2.75) is 6.42 Å². The number of benzene rings is 2. The zero-order chi connectivity index (χ0) is 16.0. The molecule has 6 heteroatoms. The Balaban J connectivity index is 1.89. The quantitative estimate of drug-likeness (QED) is 0.575. The van der Waals surface area contributed by atoms with Crippen LogP contribution < -0.4 is 5.32 Å². The zero-order valence-corrected chi connectivity index (χ0v) is 14.9. The molecule has 1 aromatic heterocycles. The smallest absolute Gasteiger partial charge is 0.133 e. The van der Waals surface area contributed by atoms with Gasteiger partial charge in [0.25, 0.3) is 0 Å². The molecule has 1 N–H and O–H groups in total. The molecule has 1 aliphatic rings. The number of fused-ring (bicyclic) bond motifs is 1. The average Bonchev–Trinajstić information content (AvgIpc) is 3.11. The van der Waals surface area contributed by atoms with Crippen molar-refractivity contribution in [1.29, 1.82) is 0 Å². The van der Waals surface area contributed by atoms with Crippen LogP contribution in [0.3, 0.4) is 0 Å². The van der Waals surface area contributed by atoms with Gasteiger partial charge in [-0.05, 0) is 71.5 Å². The number of hydrogen-bond donors (Lipinski definition) is 1. The summed E-state index contributed by atoms with van der Waals surface area (Å²) in [5.41, 5.74) is 3.68. The summed E-state index contributed by atoms with van der Waals surface area (Å²) in [7, 11) is 0. The largest absolute Gasteiger partial charge is 0.369 e. The fraction of sp³-hybridized carbons (Fsp3) is 0.118. The summed E-state index contributed by atoms with van der Waals surface area (Å²) < 4.78 is 16.4. The minimum atomic E-state index is -0.342. The lowest BCUT2D eigenvalue weighted by molar-refractivity contribution is 0.628. The maximum atomic E-state index is 13.3. The minimum absolute atomic E-state index is 0.342. The topological polar surface area (TPSA) is 29.9 Å². The molecular formula is C17H12ClFIN3. The van der Waals surface area contributed by atoms with Crippen LogP contribution in [0, 0.1) is 9.39 Å². The summed E-state index contributed by atoms with van der Waals surface area (Å²) in [4.78, 5) is 0. The van der Waals surface area contributed by atoms with Crippen LogP contribution in [-0.2, 0) is 6.42 Å². The molecule has 0 radical (unpaired) electrons. The highest BCUT2D eigenvalue weighted by Gasteiger charge is 2.25. The standard InChI is InChI=1S/C17H12ClFIN3/c18-15-9-10(19)1-6-13(15)16-14-7-8-21-17(14)23(22-16)12-4-2-11(20)3-5-12/h1-6,9,21H,7-8H2. The van der Waals surface area contributed by atoms with E-state index in [9.17, 15) is 4.39 Å². The fourth-order valence-corrected chi connectivity index (χ4v) is 3.46. The molecule has 0 fully saturated rings. The van der Waals surface area contributed by atoms with Crippen molar-refractivity contribution in [2.24, 2.45) is 0 Å². The Morgan fingerprint density at radius 1 is 1.17 bits per heavy atom. The zero-order valence-electron chi connectivity index (χ0n) is 12.0. The van der Waals surface area contributed by atoms with Gasteiger partial charge < -0.3 is 5.32 Å². The average molecular weight is 440 g/mol. The molecule has 0 saturated heterocycles. The Morgan fingerprint density at radius 2 is 1.96 bits per heavy atom. The first-order chi connectivity index (χ1) is 11.1. The molecule has 1 aliphatic heterocycles. The van der Waals surface area contributed by atoms with E-state index in [1.807, 2.05) is 28.9 Å². The predicted molar refractivity (Wildman–Crippen MR) is 98.9 cm³/mol. The van der Waals surface area contributed by atoms with Crippen molar-refractivity contribution >= 4 is 40.0 Å². The second kappa shape index (κ2) is 5.79. The van der Waals surface area contributed by atoms with E-state index < -0.39 is 0 Å². The SMILES string of the molecule is Fc1ccc(-c2nn(-c3ccc(I)cc3)c3c2CCN3)c(Cl)c1. The van der Waals surface area contributed by atoms with Crippen LogP contribution >= 0.6 is 34.2 Å². The third-order valence-corrected chi connectivity index (χ3v) is 4.94. The van der Waals surface area contributed by atoms with Crippen molar-refractivity contribution in [3.8, 4) is 16.9 Å². The minimum Gasteiger partial charge on any atom is -0.369 e. The van der Waals surface area contributed by atoms with Gasteiger partial charge in [-0.25, -0.2) is 9.07 Å². The Labute approximate surface area is 151 Å². The van der Waals surface area contributed by atoms with Gasteiger partial charge in [-0.2, -0.15) is 5.10 Å². The summed E-state index contributed by atoms with van der Waals surface area (Å²) in [6.45, 7) is 0.864. The van der Waals surface area contributed by atoms with Gasteiger partial charge in [0.1, 0.15) is 11.6 Å². The summed E-state index contributed by atoms with van der Waals surface area (Å²) in [6, 6.07) is 12.6. The van der Waals surface area contributed by atoms with Gasteiger partial charge in [-0.1, -0.05) is 11.6 Å². The van der Waals surface area contributed by atoms with Gasteiger partial charge in [-0.3, -0.25) is 0 Å². The Bertz CT molecular complexity index is 890. The lowest BCUT2D eigenvalue weighted by Gasteiger charge is -2.06. The molecule has 0 bridgehead atoms. The Hall–Kier alpha value is -1.60. The van der Waals surface area contributed by atoms with Crippen LogP contribution in [-0.4, -0.2) is 16.3 Å². The van der Waals surface area contributed by atoms with E-state index in [0.717, 1.165) is 41.3 Å². The molecular weight excluding hydrogens is 428 g/mol. The second-order valence-electron chi connectivity index (χ2n) is 5.36. The van der Waals surface area contributed by atoms with Crippen molar-refractivity contribution in [3.05, 3.63) is 62.4 Å². The maximum Gasteiger partial charge on any atom is 0.133 e. The van der Waals surface area contributed by atoms with Gasteiger partial charge in [0.15, 0.2) is 0 Å². The first-order valence-electron chi connectivity index (χ1n) is 7.20. The van der Waals surface area contributed by atoms with E-state index in [0.29, 0.717) is 5.02 Å². The van der Waals surface area contributed by atoms with Gasteiger partial charge in [0.05, 0.1) is 16.4 Å². The van der Waals surface area contributed by atoms with Crippen LogP contribution in [0.15, 0.2) is 42.5 Å². The highest BCUT2D eigenvalue weighted by Crippen LogP contribution is 2.37. The van der Waals surface area contributed by atoms with Gasteiger partial charge in [0, 0.05) is 21.2 Å². The van der Waals surface area contributed by atoms with Crippen LogP contribution in [0.2, 0.25) is 5.02 Å². The molecule has 23 heavy (non-hydrogen) atoms. The van der Waals surface area contributed by atoms with Crippen molar-refractivity contribution in [2.75, 3.05) is 11.9 Å². The Kier molecular flexibility index (Phi) is 3.77. The molecule has 0 unspecified atom stereocenters. The van der Waals surface area contributed by atoms with E-state index in [1.165, 1.54) is 15.7 Å². The van der Waals surface area contributed by atoms with Gasteiger partial charge >= 0.3 is 0 Å². The number of anilines is 1. The van der Waals surface area contributed by atoms with E-state index in [-0.39, 0.29) is 5.82 Å². The first-order valence-corrected chi connectivity index (χ1v) is 8.66. The summed E-state index contributed by atoms with van der Waals surface area (Å²) in [6.07, 6.45) is 0.878. The molecule has 0 amide bonds. The Morgan fingerprint density at radius 3 is 2.70 bits per heavy atom. The summed E-state index contributed by atoms with van der Waals surface area (Å²) >= 11 is 8.51. The maximum absolute atomic E-state index is 13.3. The van der Waals surface area contributed by atoms with Crippen molar-refractivity contribution in [3.63, 3.8) is 0 Å². The molecule has 0 saturated carbocycles. The lowest BCUT2D eigenvalue weighted by atomic mass is 10.1. The third-order valence-electron chi connectivity index (χ3n) is 3.91. The van der Waals surface area contributed by atoms with Crippen LogP contribution in [0.4, 0.5) is 10.2 Å². The molecule has 2 heterocycles. The number of halogens is 3. The van der Waals surface area contributed by atoms with E-state index in [4.69, 9.17) is 16.7 Å². The van der Waals surface area contributed by atoms with Gasteiger partial charge in [0.2, 0.25) is 0 Å². The van der Waals surface area contributed by atoms with Gasteiger partial charge in [-0.15, -0.1) is 0 Å². The predicted octanol–water partition coefficient (Wildman–Crippen LogP) is 4.90. The number of hydrogen-bond acceptors (Lipinski definition) is 2. The van der Waals surface area contributed by atoms with E-state index in [2.05, 4.69) is 27.9 Å². The summed E-state index contributed by atoms with van der Waals surface area (Å²) in [5, 5.41) is 8.50. The number of nitrogens with zero attached hydrogens (tertiary/aromatic N) is 2. The lowest BCUT2D eigenvalue weighted by Crippen LogP contribution is -2.04. The molecule has 0 aliphatic carbocycles. The van der Waals surface area contributed by atoms with Crippen molar-refractivity contribution < 1.29 is 4.39 Å². The molecule has 4 rings (SSSR count). The monoisotopic (exact) mass is 439 g/mol. The molecule has 0 spiro atoms. The number of nitrogens with one attached hydrogen (secondary N) is 1. The summed E-state index contributed by atoms with van der Waals surface area (Å²) in [5.74, 6) is 0.646. The van der Waals surface area contributed by atoms with Crippen LogP contribution in [0.1, 0.15) is 5.56 Å². The molecule has 116 valence electrons. The highest BCUT2D eigenvalue weighted by molar-refractivity contribution is 14.1. The molecule has 3 nitrogen and oxygen atoms in total. The molecule has 2 aromatic carbocycles. The number of aromatic nitrogens is 2. The van der Waals surface area contributed by atoms with E-state index >= 15 is 0 Å². The first kappa shape index (κ1) is 15.0.